The Hall–Kier alpha value is -1.64. The standard InChI is InChI=1S/C12H9BF2/c13-11-6-3-9(7-12(11)15)8-1-4-10(14)5-2-8/h1-7H,13H2. The van der Waals surface area contributed by atoms with Crippen molar-refractivity contribution in [1.82, 2.24) is 0 Å². The zero-order chi connectivity index (χ0) is 10.8. The first-order valence-corrected chi connectivity index (χ1v) is 4.69. The molecule has 0 atom stereocenters. The summed E-state index contributed by atoms with van der Waals surface area (Å²) in [6, 6.07) is 11.0. The monoisotopic (exact) mass is 202 g/mol. The van der Waals surface area contributed by atoms with Gasteiger partial charge in [0.15, 0.2) is 0 Å². The maximum atomic E-state index is 13.3. The van der Waals surface area contributed by atoms with E-state index in [0.717, 1.165) is 11.1 Å². The molecule has 0 nitrogen and oxygen atoms in total. The molecule has 0 saturated carbocycles. The average molecular weight is 202 g/mol. The van der Waals surface area contributed by atoms with Crippen LogP contribution >= 0.6 is 0 Å². The van der Waals surface area contributed by atoms with E-state index in [0.29, 0.717) is 5.46 Å². The van der Waals surface area contributed by atoms with E-state index >= 15 is 0 Å². The van der Waals surface area contributed by atoms with Gasteiger partial charge in [0.1, 0.15) is 19.5 Å². The van der Waals surface area contributed by atoms with E-state index in [9.17, 15) is 8.78 Å². The Labute approximate surface area is 88.0 Å². The summed E-state index contributed by atoms with van der Waals surface area (Å²) in [5.41, 5.74) is 2.19. The van der Waals surface area contributed by atoms with Crippen molar-refractivity contribution >= 4 is 13.3 Å². The number of benzene rings is 2. The van der Waals surface area contributed by atoms with Crippen LogP contribution < -0.4 is 5.46 Å². The third-order valence-electron chi connectivity index (χ3n) is 2.35. The molecule has 0 saturated heterocycles. The molecular formula is C12H9BF2. The van der Waals surface area contributed by atoms with Gasteiger partial charge in [-0.2, -0.15) is 0 Å². The highest BCUT2D eigenvalue weighted by Crippen LogP contribution is 2.19. The Kier molecular flexibility index (Phi) is 2.54. The van der Waals surface area contributed by atoms with Gasteiger partial charge in [-0.1, -0.05) is 29.7 Å². The van der Waals surface area contributed by atoms with Crippen molar-refractivity contribution in [3.63, 3.8) is 0 Å². The Morgan fingerprint density at radius 2 is 1.40 bits per heavy atom. The number of halogens is 2. The van der Waals surface area contributed by atoms with E-state index in [1.165, 1.54) is 18.2 Å². The van der Waals surface area contributed by atoms with Crippen molar-refractivity contribution in [2.75, 3.05) is 0 Å². The molecule has 2 aromatic rings. The quantitative estimate of drug-likeness (QED) is 0.619. The zero-order valence-electron chi connectivity index (χ0n) is 8.30. The molecule has 0 aliphatic heterocycles. The summed E-state index contributed by atoms with van der Waals surface area (Å²) in [6.07, 6.45) is 0. The van der Waals surface area contributed by atoms with E-state index in [-0.39, 0.29) is 11.6 Å². The van der Waals surface area contributed by atoms with Gasteiger partial charge in [0.25, 0.3) is 0 Å². The van der Waals surface area contributed by atoms with Crippen LogP contribution in [0.25, 0.3) is 11.1 Å². The van der Waals surface area contributed by atoms with Gasteiger partial charge in [0, 0.05) is 0 Å². The molecule has 2 rings (SSSR count). The van der Waals surface area contributed by atoms with Gasteiger partial charge in [-0.25, -0.2) is 8.78 Å². The second-order valence-corrected chi connectivity index (χ2v) is 3.47. The number of rotatable bonds is 1. The number of hydrogen-bond acceptors (Lipinski definition) is 0. The molecule has 0 aliphatic rings. The predicted octanol–water partition coefficient (Wildman–Crippen LogP) is 1.89. The Morgan fingerprint density at radius 3 is 2.00 bits per heavy atom. The SMILES string of the molecule is Bc1ccc(-c2ccc(F)cc2)cc1F. The molecule has 0 heterocycles. The Morgan fingerprint density at radius 1 is 0.800 bits per heavy atom. The van der Waals surface area contributed by atoms with Crippen LogP contribution in [0, 0.1) is 11.6 Å². The van der Waals surface area contributed by atoms with Gasteiger partial charge in [0.05, 0.1) is 0 Å². The molecule has 0 amide bonds. The molecule has 0 unspecified atom stereocenters. The topological polar surface area (TPSA) is 0 Å². The van der Waals surface area contributed by atoms with E-state index in [4.69, 9.17) is 0 Å². The molecule has 0 bridgehead atoms. The zero-order valence-corrected chi connectivity index (χ0v) is 8.30. The lowest BCUT2D eigenvalue weighted by Gasteiger charge is -2.03. The van der Waals surface area contributed by atoms with Gasteiger partial charge < -0.3 is 0 Å². The molecule has 2 aromatic carbocycles. The minimum atomic E-state index is -0.286. The average Bonchev–Trinajstić information content (AvgIpc) is 2.23. The third kappa shape index (κ3) is 2.06. The van der Waals surface area contributed by atoms with Crippen molar-refractivity contribution in [1.29, 1.82) is 0 Å². The Balaban J connectivity index is 2.45. The van der Waals surface area contributed by atoms with Crippen LogP contribution in [-0.4, -0.2) is 7.85 Å². The molecule has 0 fully saturated rings. The summed E-state index contributed by atoms with van der Waals surface area (Å²) >= 11 is 0. The first kappa shape index (κ1) is 9.90. The van der Waals surface area contributed by atoms with Crippen molar-refractivity contribution < 1.29 is 8.78 Å². The lowest BCUT2D eigenvalue weighted by molar-refractivity contribution is 0.628. The van der Waals surface area contributed by atoms with Gasteiger partial charge in [-0.15, -0.1) is 0 Å². The smallest absolute Gasteiger partial charge is 0.143 e. The summed E-state index contributed by atoms with van der Waals surface area (Å²) in [5, 5.41) is 0. The molecular weight excluding hydrogens is 193 g/mol. The summed E-state index contributed by atoms with van der Waals surface area (Å²) in [4.78, 5) is 0. The molecule has 3 heteroatoms. The van der Waals surface area contributed by atoms with Gasteiger partial charge >= 0.3 is 0 Å². The molecule has 15 heavy (non-hydrogen) atoms. The van der Waals surface area contributed by atoms with Crippen LogP contribution in [-0.2, 0) is 0 Å². The van der Waals surface area contributed by atoms with Crippen LogP contribution in [0.2, 0.25) is 0 Å². The second-order valence-electron chi connectivity index (χ2n) is 3.47. The fourth-order valence-corrected chi connectivity index (χ4v) is 1.41. The lowest BCUT2D eigenvalue weighted by Crippen LogP contribution is -2.07. The molecule has 0 radical (unpaired) electrons. The van der Waals surface area contributed by atoms with Gasteiger partial charge in [-0.05, 0) is 29.3 Å². The minimum Gasteiger partial charge on any atom is -0.208 e. The first-order valence-electron chi connectivity index (χ1n) is 4.69. The van der Waals surface area contributed by atoms with Crippen molar-refractivity contribution in [3.8, 4) is 11.1 Å². The van der Waals surface area contributed by atoms with Crippen LogP contribution in [0.1, 0.15) is 0 Å². The Bertz CT molecular complexity index is 477. The predicted molar refractivity (Wildman–Crippen MR) is 60.0 cm³/mol. The first-order chi connectivity index (χ1) is 7.16. The third-order valence-corrected chi connectivity index (χ3v) is 2.35. The molecule has 0 aliphatic carbocycles. The van der Waals surface area contributed by atoms with Crippen molar-refractivity contribution in [2.24, 2.45) is 0 Å². The van der Waals surface area contributed by atoms with E-state index < -0.39 is 0 Å². The number of hydrogen-bond donors (Lipinski definition) is 0. The minimum absolute atomic E-state index is 0.239. The second kappa shape index (κ2) is 3.85. The maximum absolute atomic E-state index is 13.3. The lowest BCUT2D eigenvalue weighted by atomic mass is 9.93. The van der Waals surface area contributed by atoms with Crippen LogP contribution in [0.4, 0.5) is 8.78 Å². The van der Waals surface area contributed by atoms with Gasteiger partial charge in [-0.3, -0.25) is 0 Å². The molecule has 0 spiro atoms. The van der Waals surface area contributed by atoms with Crippen LogP contribution in [0.3, 0.4) is 0 Å². The summed E-state index contributed by atoms with van der Waals surface area (Å²) < 4.78 is 25.9. The van der Waals surface area contributed by atoms with E-state index in [1.807, 2.05) is 6.07 Å². The fraction of sp³-hybridized carbons (Fsp3) is 0. The van der Waals surface area contributed by atoms with Crippen LogP contribution in [0.5, 0.6) is 0 Å². The highest BCUT2D eigenvalue weighted by atomic mass is 19.1. The summed E-state index contributed by atoms with van der Waals surface area (Å²) in [5.74, 6) is -0.525. The molecule has 74 valence electrons. The molecule has 0 aromatic heterocycles. The highest BCUT2D eigenvalue weighted by molar-refractivity contribution is 6.32. The van der Waals surface area contributed by atoms with Crippen LogP contribution in [0.15, 0.2) is 42.5 Å². The van der Waals surface area contributed by atoms with Gasteiger partial charge in [0.2, 0.25) is 0 Å². The van der Waals surface area contributed by atoms with Crippen molar-refractivity contribution in [3.05, 3.63) is 54.1 Å². The highest BCUT2D eigenvalue weighted by Gasteiger charge is 2.01. The summed E-state index contributed by atoms with van der Waals surface area (Å²) in [7, 11) is 1.71. The van der Waals surface area contributed by atoms with Crippen molar-refractivity contribution in [2.45, 2.75) is 0 Å². The van der Waals surface area contributed by atoms with E-state index in [2.05, 4.69) is 0 Å². The normalized spacial score (nSPS) is 10.3. The largest absolute Gasteiger partial charge is 0.208 e. The summed E-state index contributed by atoms with van der Waals surface area (Å²) in [6.45, 7) is 0. The van der Waals surface area contributed by atoms with E-state index in [1.54, 1.807) is 26.0 Å². The maximum Gasteiger partial charge on any atom is 0.143 e. The molecule has 0 N–H and O–H groups in total. The fourth-order valence-electron chi connectivity index (χ4n) is 1.41.